The minimum Gasteiger partial charge on any atom is -0.491 e. The maximum Gasteiger partial charge on any atom is 0.257 e. The molecule has 3 rings (SSSR count). The highest BCUT2D eigenvalue weighted by Gasteiger charge is 2.31. The Bertz CT molecular complexity index is 887. The lowest BCUT2D eigenvalue weighted by atomic mass is 10.0. The third-order valence-corrected chi connectivity index (χ3v) is 6.68. The molecule has 1 heterocycles. The van der Waals surface area contributed by atoms with Gasteiger partial charge in [-0.25, -0.2) is 8.42 Å². The highest BCUT2D eigenvalue weighted by molar-refractivity contribution is 7.92. The lowest BCUT2D eigenvalue weighted by Crippen LogP contribution is -2.47. The Hall–Kier alpha value is -1.84. The summed E-state index contributed by atoms with van der Waals surface area (Å²) < 4.78 is 37.6. The minimum atomic E-state index is -3.44. The van der Waals surface area contributed by atoms with Gasteiger partial charge >= 0.3 is 0 Å². The molecule has 1 aliphatic heterocycles. The number of carbonyl (C=O) groups is 1. The summed E-state index contributed by atoms with van der Waals surface area (Å²) in [4.78, 5) is 17.3. The summed E-state index contributed by atoms with van der Waals surface area (Å²) in [5.41, 5.74) is 0.778. The Morgan fingerprint density at radius 1 is 1.23 bits per heavy atom. The van der Waals surface area contributed by atoms with E-state index in [1.807, 2.05) is 0 Å². The molecule has 0 aromatic heterocycles. The van der Waals surface area contributed by atoms with E-state index in [9.17, 15) is 13.2 Å². The molecule has 1 aromatic rings. The van der Waals surface area contributed by atoms with Gasteiger partial charge < -0.3 is 14.4 Å². The van der Waals surface area contributed by atoms with Crippen molar-refractivity contribution in [3.05, 3.63) is 23.8 Å². The Morgan fingerprint density at radius 3 is 2.55 bits per heavy atom. The second-order valence-corrected chi connectivity index (χ2v) is 10.8. The number of rotatable bonds is 5. The number of benzene rings is 1. The molecule has 9 heteroatoms. The van der Waals surface area contributed by atoms with Gasteiger partial charge in [-0.15, -0.1) is 0 Å². The first kappa shape index (κ1) is 23.8. The number of fused-ring (bicyclic) bond motifs is 1. The molecule has 31 heavy (non-hydrogen) atoms. The monoisotopic (exact) mass is 453 g/mol. The van der Waals surface area contributed by atoms with Gasteiger partial charge in [-0.3, -0.25) is 14.4 Å². The number of nitrogens with zero attached hydrogens (tertiary/aromatic N) is 2. The van der Waals surface area contributed by atoms with E-state index in [1.54, 1.807) is 37.3 Å². The third kappa shape index (κ3) is 6.57. The summed E-state index contributed by atoms with van der Waals surface area (Å²) in [5, 5.41) is 0. The molecule has 2 aliphatic rings. The lowest BCUT2D eigenvalue weighted by molar-refractivity contribution is 0.00994. The van der Waals surface area contributed by atoms with Crippen LogP contribution in [-0.4, -0.2) is 82.9 Å². The standard InChI is InChI=1S/C22H35N3O5S/c1-15-11-25(12-17-6-7-17)16(2)14-30-20-10-18(23-31(5,27)28)8-9-19(20)22(26)24(3)13-21(15)29-4/h8-10,15-17,21,23H,6-7,11-14H2,1-5H3/t15-,16-,21-/m1/s1. The average molecular weight is 454 g/mol. The summed E-state index contributed by atoms with van der Waals surface area (Å²) >= 11 is 0. The Balaban J connectivity index is 1.93. The summed E-state index contributed by atoms with van der Waals surface area (Å²) in [6, 6.07) is 4.93. The predicted octanol–water partition coefficient (Wildman–Crippen LogP) is 2.27. The van der Waals surface area contributed by atoms with Crippen LogP contribution in [0.4, 0.5) is 5.69 Å². The van der Waals surface area contributed by atoms with Crippen LogP contribution in [0.2, 0.25) is 0 Å². The van der Waals surface area contributed by atoms with Crippen LogP contribution >= 0.6 is 0 Å². The Labute approximate surface area is 185 Å². The van der Waals surface area contributed by atoms with E-state index in [-0.39, 0.29) is 24.0 Å². The lowest BCUT2D eigenvalue weighted by Gasteiger charge is -2.36. The Morgan fingerprint density at radius 2 is 1.94 bits per heavy atom. The van der Waals surface area contributed by atoms with E-state index in [0.29, 0.717) is 30.2 Å². The fourth-order valence-corrected chi connectivity index (χ4v) is 4.57. The zero-order valence-electron chi connectivity index (χ0n) is 19.1. The number of hydrogen-bond donors (Lipinski definition) is 1. The first-order valence-electron chi connectivity index (χ1n) is 10.8. The van der Waals surface area contributed by atoms with Gasteiger partial charge in [0, 0.05) is 45.9 Å². The molecular weight excluding hydrogens is 418 g/mol. The second kappa shape index (κ2) is 9.75. The van der Waals surface area contributed by atoms with E-state index in [4.69, 9.17) is 9.47 Å². The van der Waals surface area contributed by atoms with Crippen LogP contribution < -0.4 is 9.46 Å². The first-order valence-corrected chi connectivity index (χ1v) is 12.7. The number of hydrogen-bond acceptors (Lipinski definition) is 6. The number of likely N-dealkylation sites (N-methyl/N-ethyl adjacent to an activating group) is 1. The second-order valence-electron chi connectivity index (χ2n) is 9.08. The maximum atomic E-state index is 13.2. The summed E-state index contributed by atoms with van der Waals surface area (Å²) in [6.45, 7) is 7.07. The molecule has 1 fully saturated rings. The zero-order valence-corrected chi connectivity index (χ0v) is 19.9. The van der Waals surface area contributed by atoms with E-state index in [0.717, 1.165) is 25.3 Å². The normalized spacial score (nSPS) is 26.4. The van der Waals surface area contributed by atoms with Gasteiger partial charge in [0.1, 0.15) is 12.4 Å². The van der Waals surface area contributed by atoms with Crippen molar-refractivity contribution in [2.45, 2.75) is 38.8 Å². The number of anilines is 1. The van der Waals surface area contributed by atoms with Crippen molar-refractivity contribution in [3.63, 3.8) is 0 Å². The van der Waals surface area contributed by atoms with E-state index >= 15 is 0 Å². The SMILES string of the molecule is CO[C@@H]1CN(C)C(=O)c2ccc(NS(C)(=O)=O)cc2OC[C@@H](C)N(CC2CC2)C[C@H]1C. The molecule has 1 aromatic carbocycles. The van der Waals surface area contributed by atoms with Crippen molar-refractivity contribution in [3.8, 4) is 5.75 Å². The van der Waals surface area contributed by atoms with Crippen LogP contribution in [0.3, 0.4) is 0 Å². The molecule has 1 saturated carbocycles. The van der Waals surface area contributed by atoms with Gasteiger partial charge in [0.2, 0.25) is 10.0 Å². The molecule has 1 N–H and O–H groups in total. The molecular formula is C22H35N3O5S. The van der Waals surface area contributed by atoms with Gasteiger partial charge in [-0.2, -0.15) is 0 Å². The molecule has 0 saturated heterocycles. The highest BCUT2D eigenvalue weighted by atomic mass is 32.2. The number of methoxy groups -OCH3 is 1. The largest absolute Gasteiger partial charge is 0.491 e. The first-order chi connectivity index (χ1) is 14.6. The van der Waals surface area contributed by atoms with Crippen LogP contribution in [0, 0.1) is 11.8 Å². The smallest absolute Gasteiger partial charge is 0.257 e. The molecule has 0 unspecified atom stereocenters. The molecule has 8 nitrogen and oxygen atoms in total. The zero-order chi connectivity index (χ0) is 22.8. The number of sulfonamides is 1. The van der Waals surface area contributed by atoms with Crippen LogP contribution in [-0.2, 0) is 14.8 Å². The topological polar surface area (TPSA) is 88.2 Å². The number of carbonyl (C=O) groups excluding carboxylic acids is 1. The van der Waals surface area contributed by atoms with Crippen LogP contribution in [0.25, 0.3) is 0 Å². The molecule has 0 bridgehead atoms. The number of nitrogens with one attached hydrogen (secondary N) is 1. The van der Waals surface area contributed by atoms with E-state index in [2.05, 4.69) is 23.5 Å². The van der Waals surface area contributed by atoms with Crippen molar-refractivity contribution >= 4 is 21.6 Å². The molecule has 0 radical (unpaired) electrons. The van der Waals surface area contributed by atoms with Gasteiger partial charge in [0.05, 0.1) is 23.6 Å². The van der Waals surface area contributed by atoms with Crippen molar-refractivity contribution in [1.29, 1.82) is 0 Å². The number of ether oxygens (including phenoxy) is 2. The van der Waals surface area contributed by atoms with Gasteiger partial charge in [0.15, 0.2) is 0 Å². The molecule has 0 spiro atoms. The quantitative estimate of drug-likeness (QED) is 0.736. The molecule has 1 aliphatic carbocycles. The summed E-state index contributed by atoms with van der Waals surface area (Å²) in [6.07, 6.45) is 3.55. The molecule has 3 atom stereocenters. The van der Waals surface area contributed by atoms with Crippen molar-refractivity contribution in [2.75, 3.05) is 51.4 Å². The van der Waals surface area contributed by atoms with Crippen LogP contribution in [0.5, 0.6) is 5.75 Å². The van der Waals surface area contributed by atoms with E-state index < -0.39 is 10.0 Å². The average Bonchev–Trinajstić information content (AvgIpc) is 3.51. The van der Waals surface area contributed by atoms with Crippen molar-refractivity contribution in [1.82, 2.24) is 9.80 Å². The van der Waals surface area contributed by atoms with Gasteiger partial charge in [-0.1, -0.05) is 6.92 Å². The van der Waals surface area contributed by atoms with Gasteiger partial charge in [-0.05, 0) is 43.7 Å². The van der Waals surface area contributed by atoms with Crippen LogP contribution in [0.1, 0.15) is 37.0 Å². The molecule has 1 amide bonds. The van der Waals surface area contributed by atoms with Gasteiger partial charge in [0.25, 0.3) is 5.91 Å². The number of amides is 1. The third-order valence-electron chi connectivity index (χ3n) is 6.07. The fraction of sp³-hybridized carbons (Fsp3) is 0.682. The summed E-state index contributed by atoms with van der Waals surface area (Å²) in [5.74, 6) is 1.19. The van der Waals surface area contributed by atoms with E-state index in [1.165, 1.54) is 12.8 Å². The molecule has 174 valence electrons. The fourth-order valence-electron chi connectivity index (χ4n) is 4.01. The van der Waals surface area contributed by atoms with Crippen LogP contribution in [0.15, 0.2) is 18.2 Å². The summed E-state index contributed by atoms with van der Waals surface area (Å²) in [7, 11) is 0.0119. The van der Waals surface area contributed by atoms with Crippen molar-refractivity contribution < 1.29 is 22.7 Å². The maximum absolute atomic E-state index is 13.2. The highest BCUT2D eigenvalue weighted by Crippen LogP contribution is 2.32. The predicted molar refractivity (Wildman–Crippen MR) is 121 cm³/mol. The minimum absolute atomic E-state index is 0.0853. The Kier molecular flexibility index (Phi) is 7.49. The van der Waals surface area contributed by atoms with Crippen molar-refractivity contribution in [2.24, 2.45) is 11.8 Å².